The van der Waals surface area contributed by atoms with E-state index < -0.39 is 0 Å². The zero-order valence-corrected chi connectivity index (χ0v) is 11.5. The largest absolute Gasteiger partial charge is 0.356 e. The highest BCUT2D eigenvalue weighted by Crippen LogP contribution is 2.30. The maximum atomic E-state index is 12.2. The minimum absolute atomic E-state index is 0.187. The van der Waals surface area contributed by atoms with Gasteiger partial charge in [-0.1, -0.05) is 38.5 Å². The van der Waals surface area contributed by atoms with Gasteiger partial charge in [-0.05, 0) is 37.6 Å². The standard InChI is InChI=1S/C15H28N2O/c16-11-13-7-3-4-8-14(13)15(18)17-10-9-12-5-1-2-6-12/h12-14H,1-11,16H2,(H,17,18). The molecule has 3 nitrogen and oxygen atoms in total. The molecule has 0 bridgehead atoms. The Morgan fingerprint density at radius 2 is 1.72 bits per heavy atom. The van der Waals surface area contributed by atoms with Gasteiger partial charge in [-0.2, -0.15) is 0 Å². The predicted molar refractivity (Wildman–Crippen MR) is 74.1 cm³/mol. The molecule has 2 rings (SSSR count). The van der Waals surface area contributed by atoms with E-state index in [1.807, 2.05) is 0 Å². The summed E-state index contributed by atoms with van der Waals surface area (Å²) < 4.78 is 0. The van der Waals surface area contributed by atoms with Crippen molar-refractivity contribution in [2.24, 2.45) is 23.5 Å². The average molecular weight is 252 g/mol. The molecule has 0 heterocycles. The number of hydrogen-bond donors (Lipinski definition) is 2. The molecule has 2 fully saturated rings. The Kier molecular flexibility index (Phi) is 5.48. The fraction of sp³-hybridized carbons (Fsp3) is 0.933. The van der Waals surface area contributed by atoms with Gasteiger partial charge in [0.25, 0.3) is 0 Å². The molecular formula is C15H28N2O. The third kappa shape index (κ3) is 3.71. The number of nitrogens with two attached hydrogens (primary N) is 1. The first-order valence-corrected chi connectivity index (χ1v) is 7.79. The highest BCUT2D eigenvalue weighted by Gasteiger charge is 2.29. The maximum Gasteiger partial charge on any atom is 0.223 e. The van der Waals surface area contributed by atoms with Crippen LogP contribution in [0.25, 0.3) is 0 Å². The summed E-state index contributed by atoms with van der Waals surface area (Å²) in [6, 6.07) is 0. The molecule has 0 aromatic carbocycles. The van der Waals surface area contributed by atoms with Gasteiger partial charge in [-0.25, -0.2) is 0 Å². The van der Waals surface area contributed by atoms with Crippen LogP contribution in [0.5, 0.6) is 0 Å². The first kappa shape index (κ1) is 13.9. The van der Waals surface area contributed by atoms with Gasteiger partial charge in [-0.15, -0.1) is 0 Å². The second-order valence-corrected chi connectivity index (χ2v) is 6.12. The fourth-order valence-electron chi connectivity index (χ4n) is 3.66. The monoisotopic (exact) mass is 252 g/mol. The van der Waals surface area contributed by atoms with Crippen LogP contribution >= 0.6 is 0 Å². The predicted octanol–water partition coefficient (Wildman–Crippen LogP) is 2.45. The van der Waals surface area contributed by atoms with Crippen molar-refractivity contribution in [3.63, 3.8) is 0 Å². The Bertz CT molecular complexity index is 261. The summed E-state index contributed by atoms with van der Waals surface area (Å²) in [5.41, 5.74) is 5.78. The van der Waals surface area contributed by atoms with Crippen molar-refractivity contribution in [2.45, 2.75) is 57.8 Å². The molecule has 2 unspecified atom stereocenters. The molecule has 18 heavy (non-hydrogen) atoms. The lowest BCUT2D eigenvalue weighted by Crippen LogP contribution is -2.40. The van der Waals surface area contributed by atoms with E-state index in [1.165, 1.54) is 44.9 Å². The van der Waals surface area contributed by atoms with Crippen molar-refractivity contribution in [2.75, 3.05) is 13.1 Å². The summed E-state index contributed by atoms with van der Waals surface area (Å²) in [6.45, 7) is 1.54. The van der Waals surface area contributed by atoms with Crippen LogP contribution in [0.15, 0.2) is 0 Å². The van der Waals surface area contributed by atoms with Gasteiger partial charge in [0.15, 0.2) is 0 Å². The van der Waals surface area contributed by atoms with Crippen molar-refractivity contribution < 1.29 is 4.79 Å². The van der Waals surface area contributed by atoms with E-state index in [0.717, 1.165) is 25.3 Å². The summed E-state index contributed by atoms with van der Waals surface area (Å²) in [4.78, 5) is 12.2. The Labute approximate surface area is 111 Å². The van der Waals surface area contributed by atoms with E-state index in [9.17, 15) is 4.79 Å². The van der Waals surface area contributed by atoms with Crippen molar-refractivity contribution in [3.8, 4) is 0 Å². The summed E-state index contributed by atoms with van der Waals surface area (Å²) >= 11 is 0. The highest BCUT2D eigenvalue weighted by molar-refractivity contribution is 5.79. The lowest BCUT2D eigenvalue weighted by Gasteiger charge is -2.29. The van der Waals surface area contributed by atoms with E-state index >= 15 is 0 Å². The summed E-state index contributed by atoms with van der Waals surface area (Å²) in [5.74, 6) is 1.74. The van der Waals surface area contributed by atoms with Crippen LogP contribution in [0.3, 0.4) is 0 Å². The molecule has 104 valence electrons. The topological polar surface area (TPSA) is 55.1 Å². The van der Waals surface area contributed by atoms with Crippen LogP contribution in [0.2, 0.25) is 0 Å². The Hall–Kier alpha value is -0.570. The molecule has 0 aromatic rings. The molecule has 3 N–H and O–H groups in total. The first-order chi connectivity index (χ1) is 8.81. The van der Waals surface area contributed by atoms with E-state index in [1.54, 1.807) is 0 Å². The molecular weight excluding hydrogens is 224 g/mol. The quantitative estimate of drug-likeness (QED) is 0.789. The molecule has 2 aliphatic rings. The third-order valence-electron chi connectivity index (χ3n) is 4.88. The zero-order valence-electron chi connectivity index (χ0n) is 11.5. The van der Waals surface area contributed by atoms with E-state index in [2.05, 4.69) is 5.32 Å². The lowest BCUT2D eigenvalue weighted by atomic mass is 9.78. The Morgan fingerprint density at radius 3 is 2.44 bits per heavy atom. The number of carbonyl (C=O) groups excluding carboxylic acids is 1. The van der Waals surface area contributed by atoms with Crippen molar-refractivity contribution in [1.82, 2.24) is 5.32 Å². The van der Waals surface area contributed by atoms with Crippen molar-refractivity contribution >= 4 is 5.91 Å². The number of rotatable bonds is 5. The summed E-state index contributed by atoms with van der Waals surface area (Å²) in [5, 5.41) is 3.15. The summed E-state index contributed by atoms with van der Waals surface area (Å²) in [6.07, 6.45) is 11.3. The number of nitrogens with one attached hydrogen (secondary N) is 1. The normalized spacial score (nSPS) is 29.4. The maximum absolute atomic E-state index is 12.2. The van der Waals surface area contributed by atoms with Crippen molar-refractivity contribution in [3.05, 3.63) is 0 Å². The number of amides is 1. The van der Waals surface area contributed by atoms with Gasteiger partial charge in [0.2, 0.25) is 5.91 Å². The number of carbonyl (C=O) groups is 1. The molecule has 2 saturated carbocycles. The highest BCUT2D eigenvalue weighted by atomic mass is 16.1. The Balaban J connectivity index is 1.69. The van der Waals surface area contributed by atoms with Gasteiger partial charge in [0, 0.05) is 12.5 Å². The van der Waals surface area contributed by atoms with Gasteiger partial charge in [0.1, 0.15) is 0 Å². The van der Waals surface area contributed by atoms with Crippen LogP contribution < -0.4 is 11.1 Å². The molecule has 0 spiro atoms. The third-order valence-corrected chi connectivity index (χ3v) is 4.88. The average Bonchev–Trinajstić information content (AvgIpc) is 2.91. The zero-order chi connectivity index (χ0) is 12.8. The molecule has 0 aliphatic heterocycles. The molecule has 1 amide bonds. The smallest absolute Gasteiger partial charge is 0.223 e. The van der Waals surface area contributed by atoms with E-state index in [4.69, 9.17) is 5.73 Å². The lowest BCUT2D eigenvalue weighted by molar-refractivity contribution is -0.127. The number of hydrogen-bond acceptors (Lipinski definition) is 2. The van der Waals surface area contributed by atoms with Crippen LogP contribution in [-0.4, -0.2) is 19.0 Å². The summed E-state index contributed by atoms with van der Waals surface area (Å²) in [7, 11) is 0. The molecule has 2 atom stereocenters. The second-order valence-electron chi connectivity index (χ2n) is 6.12. The van der Waals surface area contributed by atoms with Crippen LogP contribution in [0, 0.1) is 17.8 Å². The fourth-order valence-corrected chi connectivity index (χ4v) is 3.66. The van der Waals surface area contributed by atoms with Gasteiger partial charge in [0.05, 0.1) is 0 Å². The molecule has 3 heteroatoms. The molecule has 0 radical (unpaired) electrons. The minimum atomic E-state index is 0.187. The molecule has 0 aromatic heterocycles. The van der Waals surface area contributed by atoms with Crippen molar-refractivity contribution in [1.29, 1.82) is 0 Å². The van der Waals surface area contributed by atoms with Crippen LogP contribution in [0.1, 0.15) is 57.8 Å². The van der Waals surface area contributed by atoms with Gasteiger partial charge in [-0.3, -0.25) is 4.79 Å². The molecule has 2 aliphatic carbocycles. The molecule has 0 saturated heterocycles. The van der Waals surface area contributed by atoms with Gasteiger partial charge < -0.3 is 11.1 Å². The van der Waals surface area contributed by atoms with E-state index in [0.29, 0.717) is 12.5 Å². The minimum Gasteiger partial charge on any atom is -0.356 e. The SMILES string of the molecule is NCC1CCCCC1C(=O)NCCC1CCCC1. The van der Waals surface area contributed by atoms with Crippen LogP contribution in [0.4, 0.5) is 0 Å². The second kappa shape index (κ2) is 7.13. The Morgan fingerprint density at radius 1 is 1.06 bits per heavy atom. The van der Waals surface area contributed by atoms with Gasteiger partial charge >= 0.3 is 0 Å². The van der Waals surface area contributed by atoms with E-state index in [-0.39, 0.29) is 11.8 Å². The van der Waals surface area contributed by atoms with Crippen LogP contribution in [-0.2, 0) is 4.79 Å². The first-order valence-electron chi connectivity index (χ1n) is 7.79.